The molecule has 7 heteroatoms. The lowest BCUT2D eigenvalue weighted by atomic mass is 10.3. The molecule has 0 fully saturated rings. The van der Waals surface area contributed by atoms with Crippen LogP contribution in [0.5, 0.6) is 23.0 Å². The Morgan fingerprint density at radius 2 is 1.42 bits per heavy atom. The standard InChI is InChI=1S/C12H10Cl2N2O3/c1-17-7-3-8(18-2)5-9(4-7)19-10-6-11(13)15-16-12(10)14/h3-6H,1-2H3. The molecule has 0 saturated heterocycles. The van der Waals surface area contributed by atoms with Crippen LogP contribution < -0.4 is 14.2 Å². The fraction of sp³-hybridized carbons (Fsp3) is 0.167. The summed E-state index contributed by atoms with van der Waals surface area (Å²) in [5.74, 6) is 1.98. The summed E-state index contributed by atoms with van der Waals surface area (Å²) in [5.41, 5.74) is 0. The minimum atomic E-state index is 0.117. The van der Waals surface area contributed by atoms with Crippen LogP contribution in [0.2, 0.25) is 10.3 Å². The van der Waals surface area contributed by atoms with E-state index in [0.29, 0.717) is 23.0 Å². The highest BCUT2D eigenvalue weighted by molar-refractivity contribution is 6.32. The van der Waals surface area contributed by atoms with Gasteiger partial charge in [-0.3, -0.25) is 0 Å². The highest BCUT2D eigenvalue weighted by Crippen LogP contribution is 2.33. The van der Waals surface area contributed by atoms with Gasteiger partial charge in [0.1, 0.15) is 17.2 Å². The van der Waals surface area contributed by atoms with Gasteiger partial charge in [0.05, 0.1) is 14.2 Å². The number of benzene rings is 1. The van der Waals surface area contributed by atoms with Crippen LogP contribution in [0.4, 0.5) is 0 Å². The smallest absolute Gasteiger partial charge is 0.194 e. The van der Waals surface area contributed by atoms with Crippen molar-refractivity contribution in [2.75, 3.05) is 14.2 Å². The molecule has 1 aromatic heterocycles. The van der Waals surface area contributed by atoms with Crippen LogP contribution in [0.15, 0.2) is 24.3 Å². The van der Waals surface area contributed by atoms with Gasteiger partial charge < -0.3 is 14.2 Å². The summed E-state index contributed by atoms with van der Waals surface area (Å²) in [4.78, 5) is 0. The van der Waals surface area contributed by atoms with Gasteiger partial charge in [0.15, 0.2) is 16.1 Å². The third-order valence-electron chi connectivity index (χ3n) is 2.24. The van der Waals surface area contributed by atoms with Gasteiger partial charge >= 0.3 is 0 Å². The van der Waals surface area contributed by atoms with E-state index < -0.39 is 0 Å². The quantitative estimate of drug-likeness (QED) is 0.863. The van der Waals surface area contributed by atoms with E-state index in [9.17, 15) is 0 Å². The summed E-state index contributed by atoms with van der Waals surface area (Å²) >= 11 is 11.6. The van der Waals surface area contributed by atoms with Crippen molar-refractivity contribution < 1.29 is 14.2 Å². The summed E-state index contributed by atoms with van der Waals surface area (Å²) in [6.07, 6.45) is 0. The van der Waals surface area contributed by atoms with Gasteiger partial charge in [-0.25, -0.2) is 0 Å². The second kappa shape index (κ2) is 5.95. The highest BCUT2D eigenvalue weighted by Gasteiger charge is 2.09. The van der Waals surface area contributed by atoms with Crippen LogP contribution >= 0.6 is 23.2 Å². The minimum Gasteiger partial charge on any atom is -0.496 e. The number of hydrogen-bond acceptors (Lipinski definition) is 5. The van der Waals surface area contributed by atoms with Crippen molar-refractivity contribution in [1.29, 1.82) is 0 Å². The largest absolute Gasteiger partial charge is 0.496 e. The van der Waals surface area contributed by atoms with E-state index in [2.05, 4.69) is 10.2 Å². The number of methoxy groups -OCH3 is 2. The molecule has 1 heterocycles. The van der Waals surface area contributed by atoms with Crippen molar-refractivity contribution in [1.82, 2.24) is 10.2 Å². The lowest BCUT2D eigenvalue weighted by Gasteiger charge is -2.10. The molecule has 0 amide bonds. The van der Waals surface area contributed by atoms with E-state index in [1.807, 2.05) is 0 Å². The number of hydrogen-bond donors (Lipinski definition) is 0. The van der Waals surface area contributed by atoms with Crippen molar-refractivity contribution in [3.8, 4) is 23.0 Å². The maximum absolute atomic E-state index is 5.87. The molecule has 0 bridgehead atoms. The van der Waals surface area contributed by atoms with Crippen molar-refractivity contribution in [2.45, 2.75) is 0 Å². The van der Waals surface area contributed by atoms with Gasteiger partial charge in [-0.1, -0.05) is 23.2 Å². The molecular weight excluding hydrogens is 291 g/mol. The fourth-order valence-corrected chi connectivity index (χ4v) is 1.64. The molecule has 2 aromatic rings. The monoisotopic (exact) mass is 300 g/mol. The first-order valence-corrected chi connectivity index (χ1v) is 5.97. The maximum Gasteiger partial charge on any atom is 0.194 e. The number of ether oxygens (including phenoxy) is 3. The van der Waals surface area contributed by atoms with Crippen LogP contribution in [0, 0.1) is 0 Å². The van der Waals surface area contributed by atoms with E-state index >= 15 is 0 Å². The summed E-state index contributed by atoms with van der Waals surface area (Å²) < 4.78 is 15.9. The van der Waals surface area contributed by atoms with E-state index in [1.165, 1.54) is 6.07 Å². The van der Waals surface area contributed by atoms with Crippen molar-refractivity contribution in [3.63, 3.8) is 0 Å². The third-order valence-corrected chi connectivity index (χ3v) is 2.69. The van der Waals surface area contributed by atoms with Gasteiger partial charge in [0.2, 0.25) is 0 Å². The molecule has 19 heavy (non-hydrogen) atoms. The van der Waals surface area contributed by atoms with Gasteiger partial charge in [-0.2, -0.15) is 0 Å². The van der Waals surface area contributed by atoms with Gasteiger partial charge in [-0.05, 0) is 0 Å². The Hall–Kier alpha value is -1.72. The Morgan fingerprint density at radius 1 is 0.842 bits per heavy atom. The molecule has 5 nitrogen and oxygen atoms in total. The summed E-state index contributed by atoms with van der Waals surface area (Å²) in [5, 5.41) is 7.56. The first-order valence-electron chi connectivity index (χ1n) is 5.22. The Balaban J connectivity index is 2.34. The SMILES string of the molecule is COc1cc(OC)cc(Oc2cc(Cl)nnc2Cl)c1. The molecule has 2 rings (SSSR count). The molecule has 0 radical (unpaired) electrons. The van der Waals surface area contributed by atoms with E-state index in [4.69, 9.17) is 37.4 Å². The van der Waals surface area contributed by atoms with Crippen LogP contribution in [-0.2, 0) is 0 Å². The van der Waals surface area contributed by atoms with Crippen molar-refractivity contribution in [2.24, 2.45) is 0 Å². The average Bonchev–Trinajstić information content (AvgIpc) is 2.42. The minimum absolute atomic E-state index is 0.117. The Bertz CT molecular complexity index is 571. The maximum atomic E-state index is 5.87. The van der Waals surface area contributed by atoms with Crippen molar-refractivity contribution >= 4 is 23.2 Å². The fourth-order valence-electron chi connectivity index (χ4n) is 1.38. The first kappa shape index (κ1) is 13.7. The predicted molar refractivity (Wildman–Crippen MR) is 71.7 cm³/mol. The van der Waals surface area contributed by atoms with Crippen LogP contribution in [0.1, 0.15) is 0 Å². The van der Waals surface area contributed by atoms with Crippen LogP contribution in [0.3, 0.4) is 0 Å². The average molecular weight is 301 g/mol. The van der Waals surface area contributed by atoms with Crippen LogP contribution in [-0.4, -0.2) is 24.4 Å². The van der Waals surface area contributed by atoms with Gasteiger partial charge in [-0.15, -0.1) is 10.2 Å². The molecule has 0 aliphatic rings. The number of halogens is 2. The molecule has 0 N–H and O–H groups in total. The van der Waals surface area contributed by atoms with E-state index in [0.717, 1.165) is 0 Å². The topological polar surface area (TPSA) is 53.5 Å². The Morgan fingerprint density at radius 3 is 2.00 bits per heavy atom. The lowest BCUT2D eigenvalue weighted by molar-refractivity contribution is 0.386. The summed E-state index contributed by atoms with van der Waals surface area (Å²) in [7, 11) is 3.10. The second-order valence-corrected chi connectivity index (χ2v) is 4.22. The molecule has 100 valence electrons. The first-order chi connectivity index (χ1) is 9.12. The molecular formula is C12H10Cl2N2O3. The number of nitrogens with zero attached hydrogens (tertiary/aromatic N) is 2. The molecule has 0 aliphatic heterocycles. The van der Waals surface area contributed by atoms with E-state index in [-0.39, 0.29) is 10.3 Å². The molecule has 0 spiro atoms. The highest BCUT2D eigenvalue weighted by atomic mass is 35.5. The molecule has 0 aliphatic carbocycles. The number of aromatic nitrogens is 2. The van der Waals surface area contributed by atoms with Crippen molar-refractivity contribution in [3.05, 3.63) is 34.6 Å². The summed E-state index contributed by atoms with van der Waals surface area (Å²) in [6, 6.07) is 6.58. The van der Waals surface area contributed by atoms with E-state index in [1.54, 1.807) is 32.4 Å². The van der Waals surface area contributed by atoms with Gasteiger partial charge in [0, 0.05) is 24.3 Å². The number of rotatable bonds is 4. The Labute approximate surface area is 120 Å². The zero-order valence-electron chi connectivity index (χ0n) is 10.2. The third kappa shape index (κ3) is 3.39. The lowest BCUT2D eigenvalue weighted by Crippen LogP contribution is -1.93. The molecule has 0 saturated carbocycles. The molecule has 0 atom stereocenters. The Kier molecular flexibility index (Phi) is 4.29. The predicted octanol–water partition coefficient (Wildman–Crippen LogP) is 3.59. The second-order valence-electron chi connectivity index (χ2n) is 3.47. The normalized spacial score (nSPS) is 10.1. The summed E-state index contributed by atoms with van der Waals surface area (Å²) in [6.45, 7) is 0. The zero-order valence-corrected chi connectivity index (χ0v) is 11.7. The van der Waals surface area contributed by atoms with Crippen LogP contribution in [0.25, 0.3) is 0 Å². The molecule has 0 unspecified atom stereocenters. The molecule has 1 aromatic carbocycles. The zero-order chi connectivity index (χ0) is 13.8. The van der Waals surface area contributed by atoms with Gasteiger partial charge in [0.25, 0.3) is 0 Å².